The van der Waals surface area contributed by atoms with Crippen molar-refractivity contribution in [2.75, 3.05) is 0 Å². The molecule has 0 spiro atoms. The molecule has 0 heterocycles. The second-order valence-corrected chi connectivity index (χ2v) is 5.51. The lowest BCUT2D eigenvalue weighted by atomic mass is 10.1. The van der Waals surface area contributed by atoms with E-state index < -0.39 is 18.0 Å². The van der Waals surface area contributed by atoms with E-state index in [0.717, 1.165) is 22.7 Å². The van der Waals surface area contributed by atoms with E-state index in [-0.39, 0.29) is 5.78 Å². The van der Waals surface area contributed by atoms with Gasteiger partial charge in [0.05, 0.1) is 6.42 Å². The number of allylic oxidation sites excluding steroid dienone is 1. The van der Waals surface area contributed by atoms with Crippen LogP contribution in [-0.2, 0) is 0 Å². The summed E-state index contributed by atoms with van der Waals surface area (Å²) in [7, 11) is 0. The normalized spacial score (nSPS) is 22.7. The second-order valence-electron chi connectivity index (χ2n) is 4.39. The van der Waals surface area contributed by atoms with Gasteiger partial charge < -0.3 is 0 Å². The van der Waals surface area contributed by atoms with E-state index in [9.17, 15) is 13.6 Å². The van der Waals surface area contributed by atoms with Crippen molar-refractivity contribution in [2.45, 2.75) is 24.0 Å². The lowest BCUT2D eigenvalue weighted by Gasteiger charge is -2.20. The van der Waals surface area contributed by atoms with Gasteiger partial charge in [-0.2, -0.15) is 0 Å². The molecule has 1 unspecified atom stereocenters. The third-order valence-electron chi connectivity index (χ3n) is 2.67. The van der Waals surface area contributed by atoms with Crippen molar-refractivity contribution in [1.82, 2.24) is 0 Å². The quantitative estimate of drug-likeness (QED) is 0.678. The lowest BCUT2D eigenvalue weighted by Crippen LogP contribution is -2.33. The number of ketones is 1. The van der Waals surface area contributed by atoms with Crippen molar-refractivity contribution in [1.29, 1.82) is 0 Å². The van der Waals surface area contributed by atoms with Crippen LogP contribution in [0.25, 0.3) is 0 Å². The molecule has 1 aromatic carbocycles. The molecule has 1 aromatic rings. The van der Waals surface area contributed by atoms with Crippen LogP contribution in [0.2, 0.25) is 0 Å². The van der Waals surface area contributed by atoms with Gasteiger partial charge in [0.15, 0.2) is 11.6 Å². The molecule has 2 rings (SSSR count). The van der Waals surface area contributed by atoms with Crippen molar-refractivity contribution < 1.29 is 13.6 Å². The van der Waals surface area contributed by atoms with Crippen molar-refractivity contribution in [3.63, 3.8) is 0 Å². The second kappa shape index (κ2) is 5.27. The number of rotatable bonds is 3. The number of alkyl halides is 1. The summed E-state index contributed by atoms with van der Waals surface area (Å²) in [5.41, 5.74) is 5.77. The molecule has 0 fully saturated rings. The summed E-state index contributed by atoms with van der Waals surface area (Å²) in [5, 5.41) is 0. The highest BCUT2D eigenvalue weighted by Gasteiger charge is 2.27. The van der Waals surface area contributed by atoms with Crippen molar-refractivity contribution >= 4 is 17.5 Å². The highest BCUT2D eigenvalue weighted by atomic mass is 32.2. The van der Waals surface area contributed by atoms with E-state index in [0.29, 0.717) is 10.5 Å². The van der Waals surface area contributed by atoms with Gasteiger partial charge in [-0.05, 0) is 31.2 Å². The van der Waals surface area contributed by atoms with E-state index in [1.165, 1.54) is 13.0 Å². The van der Waals surface area contributed by atoms with E-state index in [1.54, 1.807) is 24.3 Å². The Balaban J connectivity index is 2.21. The molecule has 19 heavy (non-hydrogen) atoms. The Morgan fingerprint density at radius 2 is 2.21 bits per heavy atom. The Labute approximate surface area is 114 Å². The summed E-state index contributed by atoms with van der Waals surface area (Å²) in [6.07, 6.45) is 2.02. The summed E-state index contributed by atoms with van der Waals surface area (Å²) >= 11 is 1.15. The number of thioether (sulfide) groups is 1. The van der Waals surface area contributed by atoms with Crippen LogP contribution in [-0.4, -0.2) is 11.6 Å². The Hall–Kier alpha value is -1.46. The Morgan fingerprint density at radius 1 is 1.47 bits per heavy atom. The van der Waals surface area contributed by atoms with Crippen LogP contribution in [0.5, 0.6) is 0 Å². The van der Waals surface area contributed by atoms with Crippen molar-refractivity contribution in [3.8, 4) is 0 Å². The van der Waals surface area contributed by atoms with Crippen LogP contribution in [0.1, 0.15) is 23.7 Å². The fourth-order valence-corrected chi connectivity index (χ4v) is 2.59. The molecule has 5 heteroatoms. The third-order valence-corrected chi connectivity index (χ3v) is 3.74. The van der Waals surface area contributed by atoms with Crippen LogP contribution in [0.15, 0.2) is 52.0 Å². The molecule has 0 aliphatic heterocycles. The summed E-state index contributed by atoms with van der Waals surface area (Å²) in [4.78, 5) is 12.3. The number of halogens is 2. The SMILES string of the molecule is CC(=O)c1cccc(SC2=C(F)CC(N)(F)C=C2)c1. The molecule has 0 saturated carbocycles. The van der Waals surface area contributed by atoms with Crippen LogP contribution in [0, 0.1) is 0 Å². The summed E-state index contributed by atoms with van der Waals surface area (Å²) in [6.45, 7) is 1.47. The fourth-order valence-electron chi connectivity index (χ4n) is 1.68. The predicted molar refractivity (Wildman–Crippen MR) is 72.2 cm³/mol. The van der Waals surface area contributed by atoms with E-state index in [2.05, 4.69) is 0 Å². The standard InChI is InChI=1S/C14H13F2NOS/c1-9(18)10-3-2-4-11(7-10)19-13-5-6-14(16,17)8-12(13)15/h2-7H,8,17H2,1H3. The predicted octanol–water partition coefficient (Wildman–Crippen LogP) is 3.75. The molecule has 1 aliphatic rings. The Morgan fingerprint density at radius 3 is 2.84 bits per heavy atom. The van der Waals surface area contributed by atoms with E-state index in [1.807, 2.05) is 0 Å². The van der Waals surface area contributed by atoms with Crippen LogP contribution < -0.4 is 5.73 Å². The molecule has 100 valence electrons. The van der Waals surface area contributed by atoms with Gasteiger partial charge in [-0.15, -0.1) is 0 Å². The number of carbonyl (C=O) groups excluding carboxylic acids is 1. The zero-order valence-corrected chi connectivity index (χ0v) is 11.1. The molecule has 0 amide bonds. The van der Waals surface area contributed by atoms with Gasteiger partial charge >= 0.3 is 0 Å². The summed E-state index contributed by atoms with van der Waals surface area (Å²) < 4.78 is 27.1. The first-order valence-electron chi connectivity index (χ1n) is 5.72. The van der Waals surface area contributed by atoms with Crippen LogP contribution in [0.3, 0.4) is 0 Å². The zero-order valence-electron chi connectivity index (χ0n) is 10.3. The number of hydrogen-bond acceptors (Lipinski definition) is 3. The topological polar surface area (TPSA) is 43.1 Å². The largest absolute Gasteiger partial charge is 0.295 e. The molecule has 0 bridgehead atoms. The number of nitrogens with two attached hydrogens (primary N) is 1. The Kier molecular flexibility index (Phi) is 3.87. The minimum absolute atomic E-state index is 0.0548. The lowest BCUT2D eigenvalue weighted by molar-refractivity contribution is 0.101. The maximum Gasteiger partial charge on any atom is 0.184 e. The first-order valence-corrected chi connectivity index (χ1v) is 6.53. The van der Waals surface area contributed by atoms with Crippen molar-refractivity contribution in [3.05, 3.63) is 52.7 Å². The molecule has 2 N–H and O–H groups in total. The zero-order chi connectivity index (χ0) is 14.0. The average Bonchev–Trinajstić information content (AvgIpc) is 2.32. The number of Topliss-reactive ketones (excluding diaryl/α,β-unsaturated/α-hetero) is 1. The van der Waals surface area contributed by atoms with Gasteiger partial charge in [0.2, 0.25) is 0 Å². The smallest absolute Gasteiger partial charge is 0.184 e. The molecule has 0 saturated heterocycles. The summed E-state index contributed by atoms with van der Waals surface area (Å²) in [5.74, 6) is -2.75. The monoisotopic (exact) mass is 281 g/mol. The van der Waals surface area contributed by atoms with Gasteiger partial charge in [0.1, 0.15) is 5.83 Å². The highest BCUT2D eigenvalue weighted by Crippen LogP contribution is 2.37. The molecule has 2 nitrogen and oxygen atoms in total. The van der Waals surface area contributed by atoms with Gasteiger partial charge in [0, 0.05) is 15.4 Å². The maximum absolute atomic E-state index is 13.7. The van der Waals surface area contributed by atoms with Crippen LogP contribution >= 0.6 is 11.8 Å². The van der Waals surface area contributed by atoms with Crippen molar-refractivity contribution in [2.24, 2.45) is 5.73 Å². The van der Waals surface area contributed by atoms with Gasteiger partial charge in [-0.1, -0.05) is 23.9 Å². The minimum atomic E-state index is -2.12. The highest BCUT2D eigenvalue weighted by molar-refractivity contribution is 8.03. The molecule has 1 aliphatic carbocycles. The van der Waals surface area contributed by atoms with Crippen LogP contribution in [0.4, 0.5) is 8.78 Å². The third kappa shape index (κ3) is 3.52. The first-order chi connectivity index (χ1) is 8.87. The van der Waals surface area contributed by atoms with Gasteiger partial charge in [0.25, 0.3) is 0 Å². The molecule has 0 radical (unpaired) electrons. The molecular weight excluding hydrogens is 268 g/mol. The van der Waals surface area contributed by atoms with E-state index >= 15 is 0 Å². The Bertz CT molecular complexity index is 579. The summed E-state index contributed by atoms with van der Waals surface area (Å²) in [6, 6.07) is 6.87. The average molecular weight is 281 g/mol. The number of benzene rings is 1. The van der Waals surface area contributed by atoms with E-state index in [4.69, 9.17) is 5.73 Å². The number of carbonyl (C=O) groups is 1. The molecule has 1 atom stereocenters. The maximum atomic E-state index is 13.7. The molecule has 0 aromatic heterocycles. The van der Waals surface area contributed by atoms with Gasteiger partial charge in [-0.25, -0.2) is 8.78 Å². The minimum Gasteiger partial charge on any atom is -0.295 e. The van der Waals surface area contributed by atoms with Gasteiger partial charge in [-0.3, -0.25) is 10.5 Å². The molecular formula is C14H13F2NOS. The fraction of sp³-hybridized carbons (Fsp3) is 0.214. The first kappa shape index (κ1) is 14.0. The number of hydrogen-bond donors (Lipinski definition) is 1.